The van der Waals surface area contributed by atoms with Gasteiger partial charge in [-0.05, 0) is 35.0 Å². The number of fused-ring (bicyclic) bond motifs is 1. The number of hydrogen-bond acceptors (Lipinski definition) is 4. The van der Waals surface area contributed by atoms with Crippen molar-refractivity contribution in [2.45, 2.75) is 18.6 Å². The summed E-state index contributed by atoms with van der Waals surface area (Å²) in [6.45, 7) is 0. The van der Waals surface area contributed by atoms with Crippen LogP contribution in [0, 0.1) is 0 Å². The molecule has 0 radical (unpaired) electrons. The fourth-order valence-electron chi connectivity index (χ4n) is 2.02. The Morgan fingerprint density at radius 1 is 1.14 bits per heavy atom. The molecule has 116 valence electrons. The number of ether oxygens (including phenoxy) is 1. The molecule has 2 atom stereocenters. The molecule has 22 heavy (non-hydrogen) atoms. The van der Waals surface area contributed by atoms with E-state index in [9.17, 15) is 9.59 Å². The van der Waals surface area contributed by atoms with Crippen molar-refractivity contribution in [3.05, 3.63) is 40.9 Å². The van der Waals surface area contributed by atoms with E-state index in [-0.39, 0.29) is 0 Å². The first kappa shape index (κ1) is 16.3. The summed E-state index contributed by atoms with van der Waals surface area (Å²) < 4.78 is 6.42. The van der Waals surface area contributed by atoms with Gasteiger partial charge in [0.25, 0.3) is 0 Å². The van der Waals surface area contributed by atoms with Crippen LogP contribution < -0.4 is 10.5 Å². The summed E-state index contributed by atoms with van der Waals surface area (Å²) >= 11 is 3.38. The van der Waals surface area contributed by atoms with Gasteiger partial charge in [-0.2, -0.15) is 0 Å². The quantitative estimate of drug-likeness (QED) is 0.721. The maximum Gasteiger partial charge on any atom is 0.324 e. The summed E-state index contributed by atoms with van der Waals surface area (Å²) in [5, 5.41) is 19.7. The fourth-order valence-corrected chi connectivity index (χ4v) is 2.39. The molecule has 0 amide bonds. The molecule has 0 fully saturated rings. The fraction of sp³-hybridized carbons (Fsp3) is 0.200. The average Bonchev–Trinajstić information content (AvgIpc) is 2.45. The highest BCUT2D eigenvalue weighted by atomic mass is 79.9. The second-order valence-corrected chi connectivity index (χ2v) is 5.69. The molecule has 0 bridgehead atoms. The van der Waals surface area contributed by atoms with Crippen LogP contribution in [0.4, 0.5) is 0 Å². The van der Waals surface area contributed by atoms with E-state index in [2.05, 4.69) is 15.9 Å². The van der Waals surface area contributed by atoms with E-state index < -0.39 is 30.5 Å². The third kappa shape index (κ3) is 3.96. The lowest BCUT2D eigenvalue weighted by atomic mass is 10.1. The van der Waals surface area contributed by atoms with E-state index >= 15 is 0 Å². The van der Waals surface area contributed by atoms with E-state index in [0.717, 1.165) is 15.2 Å². The summed E-state index contributed by atoms with van der Waals surface area (Å²) in [5.41, 5.74) is 5.50. The van der Waals surface area contributed by atoms with Crippen molar-refractivity contribution < 1.29 is 24.5 Å². The lowest BCUT2D eigenvalue weighted by molar-refractivity contribution is -0.143. The summed E-state index contributed by atoms with van der Waals surface area (Å²) in [6.07, 6.45) is -1.64. The predicted molar refractivity (Wildman–Crippen MR) is 83.9 cm³/mol. The summed E-state index contributed by atoms with van der Waals surface area (Å²) in [5.74, 6) is -2.11. The number of rotatable bonds is 6. The average molecular weight is 368 g/mol. The Kier molecular flexibility index (Phi) is 4.99. The molecule has 0 aliphatic carbocycles. The minimum atomic E-state index is -1.42. The molecular formula is C15H14BrNO5. The van der Waals surface area contributed by atoms with Crippen LogP contribution in [0.5, 0.6) is 5.75 Å². The summed E-state index contributed by atoms with van der Waals surface area (Å²) in [6, 6.07) is 9.41. The van der Waals surface area contributed by atoms with Gasteiger partial charge in [0.2, 0.25) is 0 Å². The van der Waals surface area contributed by atoms with E-state index in [1.54, 1.807) is 18.2 Å². The molecule has 4 N–H and O–H groups in total. The summed E-state index contributed by atoms with van der Waals surface area (Å²) in [4.78, 5) is 21.8. The number of hydrogen-bond donors (Lipinski definition) is 3. The lowest BCUT2D eigenvalue weighted by Gasteiger charge is -2.21. The first-order valence-electron chi connectivity index (χ1n) is 6.43. The maximum atomic E-state index is 11.0. The van der Waals surface area contributed by atoms with Crippen LogP contribution in [-0.4, -0.2) is 34.3 Å². The van der Waals surface area contributed by atoms with Crippen molar-refractivity contribution in [1.29, 1.82) is 0 Å². The molecule has 0 aromatic heterocycles. The van der Waals surface area contributed by atoms with Gasteiger partial charge in [0.1, 0.15) is 17.9 Å². The zero-order valence-electron chi connectivity index (χ0n) is 11.4. The molecular weight excluding hydrogens is 354 g/mol. The van der Waals surface area contributed by atoms with Crippen LogP contribution in [0.2, 0.25) is 0 Å². The molecule has 2 rings (SSSR count). The molecule has 0 spiro atoms. The first-order chi connectivity index (χ1) is 10.4. The normalized spacial score (nSPS) is 13.5. The highest BCUT2D eigenvalue weighted by Crippen LogP contribution is 2.25. The molecule has 0 aliphatic heterocycles. The van der Waals surface area contributed by atoms with Crippen LogP contribution >= 0.6 is 15.9 Å². The molecule has 6 nitrogen and oxygen atoms in total. The second-order valence-electron chi connectivity index (χ2n) is 4.77. The number of nitrogens with two attached hydrogens (primary N) is 1. The van der Waals surface area contributed by atoms with Gasteiger partial charge in [-0.1, -0.05) is 28.1 Å². The number of carbonyl (C=O) groups is 2. The predicted octanol–water partition coefficient (Wildman–Crippen LogP) is 2.24. The topological polar surface area (TPSA) is 110 Å². The monoisotopic (exact) mass is 367 g/mol. The van der Waals surface area contributed by atoms with Crippen LogP contribution in [0.15, 0.2) is 40.9 Å². The van der Waals surface area contributed by atoms with Gasteiger partial charge in [-0.15, -0.1) is 0 Å². The molecule has 0 aliphatic rings. The standard InChI is InChI=1S/C15H14BrNO5/c16-10-3-1-9-6-11(4-2-8(9)5-10)22-12(7-13(18)19)14(17)15(20)21/h1-6,12,14H,7,17H2,(H,18,19)(H,20,21). The second kappa shape index (κ2) is 6.76. The Bertz CT molecular complexity index is 718. The van der Waals surface area contributed by atoms with Gasteiger partial charge < -0.3 is 20.7 Å². The SMILES string of the molecule is NC(C(=O)O)C(CC(=O)O)Oc1ccc2cc(Br)ccc2c1. The smallest absolute Gasteiger partial charge is 0.324 e. The maximum absolute atomic E-state index is 11.0. The zero-order chi connectivity index (χ0) is 16.3. The number of halogens is 1. The van der Waals surface area contributed by atoms with Crippen molar-refractivity contribution in [2.75, 3.05) is 0 Å². The van der Waals surface area contributed by atoms with E-state index in [0.29, 0.717) is 5.75 Å². The van der Waals surface area contributed by atoms with Crippen molar-refractivity contribution in [1.82, 2.24) is 0 Å². The van der Waals surface area contributed by atoms with Gasteiger partial charge in [0.15, 0.2) is 0 Å². The Morgan fingerprint density at radius 2 is 1.77 bits per heavy atom. The largest absolute Gasteiger partial charge is 0.488 e. The minimum Gasteiger partial charge on any atom is -0.488 e. The van der Waals surface area contributed by atoms with Crippen molar-refractivity contribution in [3.63, 3.8) is 0 Å². The first-order valence-corrected chi connectivity index (χ1v) is 7.22. The highest BCUT2D eigenvalue weighted by molar-refractivity contribution is 9.10. The number of carboxylic acid groups (broad SMARTS) is 2. The number of carboxylic acids is 2. The van der Waals surface area contributed by atoms with Crippen LogP contribution in [-0.2, 0) is 9.59 Å². The van der Waals surface area contributed by atoms with E-state index in [4.69, 9.17) is 20.7 Å². The molecule has 0 heterocycles. The Balaban J connectivity index is 2.27. The molecule has 2 aromatic rings. The van der Waals surface area contributed by atoms with Crippen molar-refractivity contribution in [3.8, 4) is 5.75 Å². The highest BCUT2D eigenvalue weighted by Gasteiger charge is 2.28. The molecule has 7 heteroatoms. The van der Waals surface area contributed by atoms with Crippen LogP contribution in [0.1, 0.15) is 6.42 Å². The minimum absolute atomic E-state index is 0.373. The lowest BCUT2D eigenvalue weighted by Crippen LogP contribution is -2.46. The molecule has 2 unspecified atom stereocenters. The third-order valence-corrected chi connectivity index (χ3v) is 3.62. The number of aliphatic carboxylic acids is 2. The summed E-state index contributed by atoms with van der Waals surface area (Å²) in [7, 11) is 0. The van der Waals surface area contributed by atoms with Gasteiger partial charge in [-0.25, -0.2) is 0 Å². The van der Waals surface area contributed by atoms with Gasteiger partial charge in [-0.3, -0.25) is 9.59 Å². The molecule has 0 saturated carbocycles. The van der Waals surface area contributed by atoms with E-state index in [1.807, 2.05) is 18.2 Å². The Morgan fingerprint density at radius 3 is 2.41 bits per heavy atom. The van der Waals surface area contributed by atoms with Crippen molar-refractivity contribution >= 4 is 38.6 Å². The Hall–Kier alpha value is -2.12. The number of benzene rings is 2. The zero-order valence-corrected chi connectivity index (χ0v) is 13.0. The van der Waals surface area contributed by atoms with E-state index in [1.165, 1.54) is 0 Å². The van der Waals surface area contributed by atoms with Crippen LogP contribution in [0.3, 0.4) is 0 Å². The van der Waals surface area contributed by atoms with Gasteiger partial charge in [0, 0.05) is 4.47 Å². The third-order valence-electron chi connectivity index (χ3n) is 3.12. The van der Waals surface area contributed by atoms with Gasteiger partial charge >= 0.3 is 11.9 Å². The molecule has 2 aromatic carbocycles. The molecule has 0 saturated heterocycles. The van der Waals surface area contributed by atoms with Crippen LogP contribution in [0.25, 0.3) is 10.8 Å². The van der Waals surface area contributed by atoms with Crippen molar-refractivity contribution in [2.24, 2.45) is 5.73 Å². The van der Waals surface area contributed by atoms with Gasteiger partial charge in [0.05, 0.1) is 6.42 Å². The Labute approximate surface area is 134 Å².